The highest BCUT2D eigenvalue weighted by molar-refractivity contribution is 6.10. The molecule has 0 spiro atoms. The highest BCUT2D eigenvalue weighted by Gasteiger charge is 2.11. The molecular formula is C24H19N3O. The lowest BCUT2D eigenvalue weighted by atomic mass is 10.1. The minimum absolute atomic E-state index is 0.135. The zero-order chi connectivity index (χ0) is 19.3. The number of nitrogens with two attached hydrogens (primary N) is 1. The van der Waals surface area contributed by atoms with Gasteiger partial charge in [-0.1, -0.05) is 60.7 Å². The topological polar surface area (TPSA) is 60.9 Å². The fraction of sp³-hybridized carbons (Fsp3) is 0. The Morgan fingerprint density at radius 2 is 1.50 bits per heavy atom. The van der Waals surface area contributed by atoms with Gasteiger partial charge < -0.3 is 5.73 Å². The van der Waals surface area contributed by atoms with Crippen LogP contribution in [-0.2, 0) is 0 Å². The number of allylic oxidation sites excluding steroid dienone is 1. The number of benzene rings is 3. The molecule has 0 bridgehead atoms. The van der Waals surface area contributed by atoms with Gasteiger partial charge in [-0.2, -0.15) is 5.10 Å². The Kier molecular flexibility index (Phi) is 4.85. The molecule has 0 aliphatic carbocycles. The van der Waals surface area contributed by atoms with Gasteiger partial charge in [-0.15, -0.1) is 0 Å². The van der Waals surface area contributed by atoms with Crippen molar-refractivity contribution in [2.45, 2.75) is 0 Å². The third kappa shape index (κ3) is 3.62. The van der Waals surface area contributed by atoms with Crippen LogP contribution in [0.3, 0.4) is 0 Å². The predicted octanol–water partition coefficient (Wildman–Crippen LogP) is 5.02. The summed E-state index contributed by atoms with van der Waals surface area (Å²) in [5, 5.41) is 4.75. The van der Waals surface area contributed by atoms with Crippen molar-refractivity contribution in [1.29, 1.82) is 0 Å². The first kappa shape index (κ1) is 17.5. The standard InChI is InChI=1S/C24H19N3O/c25-22-14-8-7-13-21(22)23(28)16-15-19-17-27(20-11-5-2-6-12-20)26-24(19)18-9-3-1-4-10-18/h1-17H,25H2. The van der Waals surface area contributed by atoms with Gasteiger partial charge in [0.15, 0.2) is 5.78 Å². The van der Waals surface area contributed by atoms with Crippen molar-refractivity contribution in [3.05, 3.63) is 108 Å². The van der Waals surface area contributed by atoms with Crippen LogP contribution >= 0.6 is 0 Å². The van der Waals surface area contributed by atoms with Crippen molar-refractivity contribution in [2.24, 2.45) is 0 Å². The highest BCUT2D eigenvalue weighted by Crippen LogP contribution is 2.25. The minimum atomic E-state index is -0.135. The van der Waals surface area contributed by atoms with Crippen LogP contribution in [0.1, 0.15) is 15.9 Å². The maximum atomic E-state index is 12.6. The Morgan fingerprint density at radius 3 is 2.21 bits per heavy atom. The van der Waals surface area contributed by atoms with Crippen LogP contribution in [0.4, 0.5) is 5.69 Å². The molecule has 0 amide bonds. The van der Waals surface area contributed by atoms with Crippen molar-refractivity contribution in [3.63, 3.8) is 0 Å². The maximum absolute atomic E-state index is 12.6. The molecule has 28 heavy (non-hydrogen) atoms. The number of carbonyl (C=O) groups excluding carboxylic acids is 1. The van der Waals surface area contributed by atoms with Crippen molar-refractivity contribution in [2.75, 3.05) is 5.73 Å². The first-order valence-corrected chi connectivity index (χ1v) is 9.00. The molecule has 1 heterocycles. The second-order valence-electron chi connectivity index (χ2n) is 6.36. The third-order valence-corrected chi connectivity index (χ3v) is 4.45. The average Bonchev–Trinajstić information content (AvgIpc) is 3.18. The van der Waals surface area contributed by atoms with E-state index in [0.29, 0.717) is 11.3 Å². The van der Waals surface area contributed by atoms with Gasteiger partial charge in [0.2, 0.25) is 0 Å². The summed E-state index contributed by atoms with van der Waals surface area (Å²) >= 11 is 0. The molecule has 0 saturated carbocycles. The number of hydrogen-bond acceptors (Lipinski definition) is 3. The second-order valence-corrected chi connectivity index (χ2v) is 6.36. The Morgan fingerprint density at radius 1 is 0.857 bits per heavy atom. The van der Waals surface area contributed by atoms with E-state index in [1.54, 1.807) is 30.4 Å². The van der Waals surface area contributed by atoms with Crippen LogP contribution in [-0.4, -0.2) is 15.6 Å². The van der Waals surface area contributed by atoms with E-state index >= 15 is 0 Å². The molecule has 0 saturated heterocycles. The van der Waals surface area contributed by atoms with E-state index in [1.165, 1.54) is 0 Å². The van der Waals surface area contributed by atoms with E-state index in [1.807, 2.05) is 77.6 Å². The summed E-state index contributed by atoms with van der Waals surface area (Å²) in [4.78, 5) is 12.6. The van der Waals surface area contributed by atoms with Crippen molar-refractivity contribution >= 4 is 17.5 Å². The molecule has 0 unspecified atom stereocenters. The molecule has 4 heteroatoms. The Balaban J connectivity index is 1.74. The fourth-order valence-electron chi connectivity index (χ4n) is 3.02. The zero-order valence-corrected chi connectivity index (χ0v) is 15.2. The number of hydrogen-bond donors (Lipinski definition) is 1. The largest absolute Gasteiger partial charge is 0.398 e. The SMILES string of the molecule is Nc1ccccc1C(=O)C=Cc1cn(-c2ccccc2)nc1-c1ccccc1. The van der Waals surface area contributed by atoms with E-state index in [2.05, 4.69) is 0 Å². The summed E-state index contributed by atoms with van der Waals surface area (Å²) in [6, 6.07) is 26.9. The molecule has 0 radical (unpaired) electrons. The number of nitrogen functional groups attached to an aromatic ring is 1. The van der Waals surface area contributed by atoms with Crippen LogP contribution in [0.2, 0.25) is 0 Å². The molecule has 4 rings (SSSR count). The molecular weight excluding hydrogens is 346 g/mol. The predicted molar refractivity (Wildman–Crippen MR) is 113 cm³/mol. The highest BCUT2D eigenvalue weighted by atomic mass is 16.1. The Hall–Kier alpha value is -3.92. The molecule has 0 aliphatic heterocycles. The normalized spacial score (nSPS) is 11.0. The Labute approximate surface area is 163 Å². The van der Waals surface area contributed by atoms with Crippen molar-refractivity contribution in [3.8, 4) is 16.9 Å². The summed E-state index contributed by atoms with van der Waals surface area (Å²) in [7, 11) is 0. The van der Waals surface area contributed by atoms with Crippen LogP contribution in [0.25, 0.3) is 23.0 Å². The number of anilines is 1. The molecule has 1 aromatic heterocycles. The number of ketones is 1. The summed E-state index contributed by atoms with van der Waals surface area (Å²) in [5.74, 6) is -0.135. The zero-order valence-electron chi connectivity index (χ0n) is 15.2. The van der Waals surface area contributed by atoms with Crippen LogP contribution in [0, 0.1) is 0 Å². The second kappa shape index (κ2) is 7.76. The summed E-state index contributed by atoms with van der Waals surface area (Å²) < 4.78 is 1.82. The van der Waals surface area contributed by atoms with E-state index in [0.717, 1.165) is 22.5 Å². The first-order chi connectivity index (χ1) is 13.7. The molecule has 3 aromatic carbocycles. The summed E-state index contributed by atoms with van der Waals surface area (Å²) in [6.45, 7) is 0. The van der Waals surface area contributed by atoms with Gasteiger partial charge in [0.05, 0.1) is 11.4 Å². The lowest BCUT2D eigenvalue weighted by molar-refractivity contribution is 0.104. The molecule has 0 fully saturated rings. The first-order valence-electron chi connectivity index (χ1n) is 9.00. The lowest BCUT2D eigenvalue weighted by Gasteiger charge is -2.01. The monoisotopic (exact) mass is 365 g/mol. The van der Waals surface area contributed by atoms with Gasteiger partial charge in [-0.05, 0) is 36.4 Å². The molecule has 0 atom stereocenters. The third-order valence-electron chi connectivity index (χ3n) is 4.45. The maximum Gasteiger partial charge on any atom is 0.187 e. The number of aromatic nitrogens is 2. The summed E-state index contributed by atoms with van der Waals surface area (Å²) in [6.07, 6.45) is 5.27. The molecule has 4 nitrogen and oxygen atoms in total. The van der Waals surface area contributed by atoms with E-state index in [4.69, 9.17) is 10.8 Å². The number of para-hydroxylation sites is 2. The van der Waals surface area contributed by atoms with E-state index < -0.39 is 0 Å². The van der Waals surface area contributed by atoms with E-state index in [-0.39, 0.29) is 5.78 Å². The number of carbonyl (C=O) groups is 1. The summed E-state index contributed by atoms with van der Waals surface area (Å²) in [5.41, 5.74) is 10.5. The van der Waals surface area contributed by atoms with Gasteiger partial charge in [0.25, 0.3) is 0 Å². The van der Waals surface area contributed by atoms with Gasteiger partial charge >= 0.3 is 0 Å². The van der Waals surface area contributed by atoms with Crippen LogP contribution in [0.5, 0.6) is 0 Å². The van der Waals surface area contributed by atoms with Gasteiger partial charge in [0.1, 0.15) is 0 Å². The quantitative estimate of drug-likeness (QED) is 0.307. The number of rotatable bonds is 5. The molecule has 4 aromatic rings. The average molecular weight is 365 g/mol. The Bertz CT molecular complexity index is 1130. The van der Waals surface area contributed by atoms with Crippen LogP contribution < -0.4 is 5.73 Å². The van der Waals surface area contributed by atoms with Gasteiger partial charge in [-0.3, -0.25) is 4.79 Å². The number of nitrogens with zero attached hydrogens (tertiary/aromatic N) is 2. The van der Waals surface area contributed by atoms with Crippen molar-refractivity contribution in [1.82, 2.24) is 9.78 Å². The van der Waals surface area contributed by atoms with Crippen molar-refractivity contribution < 1.29 is 4.79 Å². The van der Waals surface area contributed by atoms with E-state index in [9.17, 15) is 4.79 Å². The van der Waals surface area contributed by atoms with Gasteiger partial charge in [-0.25, -0.2) is 4.68 Å². The lowest BCUT2D eigenvalue weighted by Crippen LogP contribution is -1.99. The molecule has 0 aliphatic rings. The smallest absolute Gasteiger partial charge is 0.187 e. The molecule has 136 valence electrons. The van der Waals surface area contributed by atoms with Crippen LogP contribution in [0.15, 0.2) is 97.2 Å². The minimum Gasteiger partial charge on any atom is -0.398 e. The fourth-order valence-corrected chi connectivity index (χ4v) is 3.02. The van der Waals surface area contributed by atoms with Gasteiger partial charge in [0, 0.05) is 28.6 Å². The molecule has 2 N–H and O–H groups in total.